The molecule has 1 aromatic heterocycles. The highest BCUT2D eigenvalue weighted by atomic mass is 35.5. The summed E-state index contributed by atoms with van der Waals surface area (Å²) in [6, 6.07) is 4.65. The molecule has 142 valence electrons. The van der Waals surface area contributed by atoms with Gasteiger partial charge in [-0.1, -0.05) is 17.7 Å². The van der Waals surface area contributed by atoms with Crippen molar-refractivity contribution in [2.75, 3.05) is 16.2 Å². The molecule has 26 heavy (non-hydrogen) atoms. The molecule has 0 spiro atoms. The summed E-state index contributed by atoms with van der Waals surface area (Å²) < 4.78 is 53.4. The maximum absolute atomic E-state index is 12.9. The van der Waals surface area contributed by atoms with Crippen LogP contribution in [-0.2, 0) is 19.9 Å². The average Bonchev–Trinajstić information content (AvgIpc) is 3.03. The molecular formula is C16H20ClN3O4S2. The number of benzene rings is 1. The van der Waals surface area contributed by atoms with Crippen LogP contribution in [0.1, 0.15) is 29.4 Å². The van der Waals surface area contributed by atoms with Crippen LogP contribution in [0.4, 0.5) is 5.69 Å². The minimum Gasteiger partial charge on any atom is -0.279 e. The molecule has 2 heterocycles. The Kier molecular flexibility index (Phi) is 4.83. The molecule has 1 atom stereocenters. The lowest BCUT2D eigenvalue weighted by molar-refractivity contribution is 0.484. The van der Waals surface area contributed by atoms with Crippen LogP contribution < -0.4 is 4.72 Å². The van der Waals surface area contributed by atoms with Crippen LogP contribution in [0, 0.1) is 20.8 Å². The molecule has 3 rings (SSSR count). The van der Waals surface area contributed by atoms with Gasteiger partial charge in [0.1, 0.15) is 4.90 Å². The van der Waals surface area contributed by atoms with E-state index in [2.05, 4.69) is 9.82 Å². The van der Waals surface area contributed by atoms with Gasteiger partial charge in [-0.3, -0.25) is 9.40 Å². The Balaban J connectivity index is 2.00. The third kappa shape index (κ3) is 3.47. The molecule has 1 fully saturated rings. The summed E-state index contributed by atoms with van der Waals surface area (Å²) in [6.45, 7) is 4.98. The minimum atomic E-state index is -3.89. The van der Waals surface area contributed by atoms with Crippen molar-refractivity contribution in [3.8, 4) is 0 Å². The Morgan fingerprint density at radius 2 is 1.96 bits per heavy atom. The third-order valence-corrected chi connectivity index (χ3v) is 8.37. The summed E-state index contributed by atoms with van der Waals surface area (Å²) in [5.74, 6) is 0.0767. The monoisotopic (exact) mass is 417 g/mol. The summed E-state index contributed by atoms with van der Waals surface area (Å²) in [7, 11) is -6.99. The molecule has 1 saturated heterocycles. The molecule has 1 aliphatic rings. The van der Waals surface area contributed by atoms with Crippen LogP contribution in [0.2, 0.25) is 5.02 Å². The first-order chi connectivity index (χ1) is 12.0. The number of nitrogens with zero attached hydrogens (tertiary/aromatic N) is 2. The third-order valence-electron chi connectivity index (χ3n) is 4.59. The maximum atomic E-state index is 12.9. The van der Waals surface area contributed by atoms with E-state index in [1.165, 1.54) is 4.68 Å². The minimum absolute atomic E-state index is 0.0186. The highest BCUT2D eigenvalue weighted by molar-refractivity contribution is 7.93. The molecule has 10 heteroatoms. The standard InChI is InChI=1S/C16H20ClN3O4S2/c1-10-14(17)5-4-6-15(10)19-26(23,24)16-11(2)18-20(12(16)3)13-7-8-25(21,22)9-13/h4-6,13,19H,7-9H2,1-3H3/t13-/m1/s1. The lowest BCUT2D eigenvalue weighted by Gasteiger charge is -2.13. The highest BCUT2D eigenvalue weighted by Crippen LogP contribution is 2.31. The van der Waals surface area contributed by atoms with Gasteiger partial charge in [-0.05, 0) is 44.9 Å². The first kappa shape index (κ1) is 19.2. The molecule has 0 aliphatic carbocycles. The maximum Gasteiger partial charge on any atom is 0.265 e. The van der Waals surface area contributed by atoms with Crippen LogP contribution in [0.25, 0.3) is 0 Å². The SMILES string of the molecule is Cc1nn([C@@H]2CCS(=O)(=O)C2)c(C)c1S(=O)(=O)Nc1cccc(Cl)c1C. The number of hydrogen-bond acceptors (Lipinski definition) is 5. The van der Waals surface area contributed by atoms with Crippen molar-refractivity contribution in [3.05, 3.63) is 40.2 Å². The first-order valence-electron chi connectivity index (χ1n) is 8.06. The molecule has 0 saturated carbocycles. The second-order valence-corrected chi connectivity index (χ2v) is 10.8. The van der Waals surface area contributed by atoms with Crippen molar-refractivity contribution >= 4 is 37.1 Å². The molecule has 1 aromatic carbocycles. The normalized spacial score (nSPS) is 19.6. The fourth-order valence-corrected chi connectivity index (χ4v) is 6.67. The second-order valence-electron chi connectivity index (χ2n) is 6.52. The fraction of sp³-hybridized carbons (Fsp3) is 0.438. The number of aromatic nitrogens is 2. The molecular weight excluding hydrogens is 398 g/mol. The van der Waals surface area contributed by atoms with Crippen LogP contribution in [0.5, 0.6) is 0 Å². The summed E-state index contributed by atoms with van der Waals surface area (Å²) in [6.07, 6.45) is 0.435. The van der Waals surface area contributed by atoms with E-state index in [1.807, 2.05) is 0 Å². The molecule has 1 N–H and O–H groups in total. The van der Waals surface area contributed by atoms with Crippen LogP contribution in [0.15, 0.2) is 23.1 Å². The smallest absolute Gasteiger partial charge is 0.265 e. The zero-order chi connectivity index (χ0) is 19.3. The number of nitrogens with one attached hydrogen (secondary N) is 1. The van der Waals surface area contributed by atoms with Crippen molar-refractivity contribution in [2.24, 2.45) is 0 Å². The van der Waals surface area contributed by atoms with E-state index in [4.69, 9.17) is 11.6 Å². The highest BCUT2D eigenvalue weighted by Gasteiger charge is 2.33. The Hall–Kier alpha value is -1.58. The van der Waals surface area contributed by atoms with Gasteiger partial charge in [0.05, 0.1) is 34.6 Å². The van der Waals surface area contributed by atoms with E-state index in [9.17, 15) is 16.8 Å². The lowest BCUT2D eigenvalue weighted by Crippen LogP contribution is -2.17. The molecule has 0 radical (unpaired) electrons. The van der Waals surface area contributed by atoms with Crippen LogP contribution >= 0.6 is 11.6 Å². The summed E-state index contributed by atoms with van der Waals surface area (Å²) in [4.78, 5) is 0.0705. The van der Waals surface area contributed by atoms with Crippen molar-refractivity contribution in [1.29, 1.82) is 0 Å². The Morgan fingerprint density at radius 3 is 2.58 bits per heavy atom. The summed E-state index contributed by atoms with van der Waals surface area (Å²) in [5.41, 5.74) is 1.78. The largest absolute Gasteiger partial charge is 0.279 e. The Morgan fingerprint density at radius 1 is 1.27 bits per heavy atom. The van der Waals surface area contributed by atoms with Crippen molar-refractivity contribution in [1.82, 2.24) is 9.78 Å². The fourth-order valence-electron chi connectivity index (χ4n) is 3.27. The molecule has 7 nitrogen and oxygen atoms in total. The van der Waals surface area contributed by atoms with E-state index in [0.717, 1.165) is 0 Å². The predicted molar refractivity (Wildman–Crippen MR) is 101 cm³/mol. The number of aryl methyl sites for hydroxylation is 1. The Bertz CT molecular complexity index is 1080. The van der Waals surface area contributed by atoms with E-state index >= 15 is 0 Å². The van der Waals surface area contributed by atoms with Gasteiger partial charge >= 0.3 is 0 Å². The van der Waals surface area contributed by atoms with Gasteiger partial charge in [0, 0.05) is 5.02 Å². The van der Waals surface area contributed by atoms with Gasteiger partial charge in [-0.2, -0.15) is 5.10 Å². The summed E-state index contributed by atoms with van der Waals surface area (Å²) >= 11 is 6.06. The summed E-state index contributed by atoms with van der Waals surface area (Å²) in [5, 5.41) is 4.78. The van der Waals surface area contributed by atoms with Crippen LogP contribution in [0.3, 0.4) is 0 Å². The van der Waals surface area contributed by atoms with E-state index in [-0.39, 0.29) is 22.4 Å². The van der Waals surface area contributed by atoms with E-state index in [1.54, 1.807) is 39.0 Å². The number of rotatable bonds is 4. The average molecular weight is 418 g/mol. The van der Waals surface area contributed by atoms with Gasteiger partial charge in [0.15, 0.2) is 9.84 Å². The van der Waals surface area contributed by atoms with Gasteiger partial charge in [-0.15, -0.1) is 0 Å². The zero-order valence-corrected chi connectivity index (χ0v) is 17.0. The molecule has 1 aliphatic heterocycles. The number of hydrogen-bond donors (Lipinski definition) is 1. The van der Waals surface area contributed by atoms with E-state index < -0.39 is 19.9 Å². The molecule has 0 amide bonds. The number of sulfone groups is 1. The van der Waals surface area contributed by atoms with Crippen molar-refractivity contribution < 1.29 is 16.8 Å². The number of anilines is 1. The first-order valence-corrected chi connectivity index (χ1v) is 11.7. The lowest BCUT2D eigenvalue weighted by atomic mass is 10.2. The van der Waals surface area contributed by atoms with Gasteiger partial charge < -0.3 is 0 Å². The number of halogens is 1. The van der Waals surface area contributed by atoms with Gasteiger partial charge in [-0.25, -0.2) is 16.8 Å². The van der Waals surface area contributed by atoms with E-state index in [0.29, 0.717) is 34.1 Å². The van der Waals surface area contributed by atoms with Crippen LogP contribution in [-0.4, -0.2) is 38.1 Å². The molecule has 2 aromatic rings. The zero-order valence-electron chi connectivity index (χ0n) is 14.7. The van der Waals surface area contributed by atoms with Crippen molar-refractivity contribution in [3.63, 3.8) is 0 Å². The molecule has 0 unspecified atom stereocenters. The second kappa shape index (κ2) is 6.54. The Labute approximate surface area is 158 Å². The molecule has 0 bridgehead atoms. The number of sulfonamides is 1. The predicted octanol–water partition coefficient (Wildman–Crippen LogP) is 2.62. The van der Waals surface area contributed by atoms with Gasteiger partial charge in [0.2, 0.25) is 0 Å². The quantitative estimate of drug-likeness (QED) is 0.824. The van der Waals surface area contributed by atoms with Gasteiger partial charge in [0.25, 0.3) is 10.0 Å². The van der Waals surface area contributed by atoms with Crippen molar-refractivity contribution in [2.45, 2.75) is 38.1 Å². The topological polar surface area (TPSA) is 98.1 Å².